The fraction of sp³-hybridized carbons (Fsp3) is 0.409. The highest BCUT2D eigenvalue weighted by molar-refractivity contribution is 7.92. The summed E-state index contributed by atoms with van der Waals surface area (Å²) in [5.74, 6) is 0.0283. The van der Waals surface area contributed by atoms with Crippen molar-refractivity contribution in [3.05, 3.63) is 53.1 Å². The van der Waals surface area contributed by atoms with Crippen molar-refractivity contribution >= 4 is 21.6 Å². The van der Waals surface area contributed by atoms with Crippen molar-refractivity contribution in [1.29, 1.82) is 0 Å². The van der Waals surface area contributed by atoms with E-state index in [1.165, 1.54) is 23.8 Å². The van der Waals surface area contributed by atoms with Gasteiger partial charge in [0.05, 0.1) is 22.8 Å². The van der Waals surface area contributed by atoms with Gasteiger partial charge in [-0.2, -0.15) is 0 Å². The number of aryl methyl sites for hydroxylation is 1. The minimum Gasteiger partial charge on any atom is -0.493 e. The summed E-state index contributed by atoms with van der Waals surface area (Å²) >= 11 is 0. The number of ether oxygens (including phenoxy) is 1. The van der Waals surface area contributed by atoms with E-state index < -0.39 is 15.9 Å². The Balaban J connectivity index is 1.87. The molecule has 6 nitrogen and oxygen atoms in total. The van der Waals surface area contributed by atoms with E-state index in [0.717, 1.165) is 37.7 Å². The number of fused-ring (bicyclic) bond motifs is 1. The van der Waals surface area contributed by atoms with E-state index in [1.54, 1.807) is 6.07 Å². The zero-order chi connectivity index (χ0) is 21.0. The van der Waals surface area contributed by atoms with Gasteiger partial charge >= 0.3 is 0 Å². The molecule has 0 saturated carbocycles. The molecule has 156 valence electrons. The maximum absolute atomic E-state index is 13.0. The smallest absolute Gasteiger partial charge is 0.261 e. The predicted molar refractivity (Wildman–Crippen MR) is 114 cm³/mol. The van der Waals surface area contributed by atoms with Crippen LogP contribution in [0.15, 0.2) is 41.3 Å². The number of sulfonamides is 1. The Kier molecular flexibility index (Phi) is 6.47. The zero-order valence-electron chi connectivity index (χ0n) is 16.9. The van der Waals surface area contributed by atoms with Crippen LogP contribution in [0.5, 0.6) is 5.75 Å². The third-order valence-corrected chi connectivity index (χ3v) is 6.48. The number of anilines is 1. The molecule has 2 aromatic carbocycles. The van der Waals surface area contributed by atoms with Gasteiger partial charge in [-0.3, -0.25) is 9.52 Å². The lowest BCUT2D eigenvalue weighted by Gasteiger charge is -2.20. The molecule has 0 bridgehead atoms. The summed E-state index contributed by atoms with van der Waals surface area (Å²) in [5, 5.41) is 0. The maximum Gasteiger partial charge on any atom is 0.261 e. The van der Waals surface area contributed by atoms with Crippen LogP contribution in [-0.4, -0.2) is 20.9 Å². The molecule has 0 unspecified atom stereocenters. The average molecular weight is 417 g/mol. The molecule has 0 radical (unpaired) electrons. The maximum atomic E-state index is 13.0. The summed E-state index contributed by atoms with van der Waals surface area (Å²) in [4.78, 5) is 11.9. The molecule has 0 fully saturated rings. The van der Waals surface area contributed by atoms with Crippen LogP contribution in [0.2, 0.25) is 0 Å². The lowest BCUT2D eigenvalue weighted by molar-refractivity contribution is 0.0996. The lowest BCUT2D eigenvalue weighted by Crippen LogP contribution is -2.18. The predicted octanol–water partition coefficient (Wildman–Crippen LogP) is 3.89. The van der Waals surface area contributed by atoms with E-state index in [0.29, 0.717) is 24.0 Å². The Morgan fingerprint density at radius 1 is 1.17 bits per heavy atom. The lowest BCUT2D eigenvalue weighted by atomic mass is 9.91. The van der Waals surface area contributed by atoms with Gasteiger partial charge in [0.2, 0.25) is 0 Å². The Labute approximate surface area is 172 Å². The highest BCUT2D eigenvalue weighted by atomic mass is 32.2. The SMILES string of the molecule is CC(C)CCOc1ccc(S(=O)(=O)Nc2cccc3c2CCCC3)cc1C(N)=O. The summed E-state index contributed by atoms with van der Waals surface area (Å²) in [6.07, 6.45) is 4.78. The van der Waals surface area contributed by atoms with Crippen molar-refractivity contribution in [2.45, 2.75) is 50.8 Å². The molecule has 1 aliphatic carbocycles. The van der Waals surface area contributed by atoms with Crippen molar-refractivity contribution in [3.8, 4) is 5.75 Å². The van der Waals surface area contributed by atoms with Gasteiger partial charge in [0, 0.05) is 0 Å². The number of amides is 1. The van der Waals surface area contributed by atoms with Crippen molar-refractivity contribution in [2.75, 3.05) is 11.3 Å². The fourth-order valence-electron chi connectivity index (χ4n) is 3.48. The molecule has 1 aliphatic rings. The first kappa shape index (κ1) is 21.2. The summed E-state index contributed by atoms with van der Waals surface area (Å²) in [7, 11) is -3.87. The van der Waals surface area contributed by atoms with Crippen LogP contribution in [0.3, 0.4) is 0 Å². The van der Waals surface area contributed by atoms with Gasteiger partial charge < -0.3 is 10.5 Å². The third kappa shape index (κ3) is 5.09. The van der Waals surface area contributed by atoms with Gasteiger partial charge in [-0.15, -0.1) is 0 Å². The number of nitrogens with one attached hydrogen (secondary N) is 1. The van der Waals surface area contributed by atoms with Gasteiger partial charge in [-0.1, -0.05) is 26.0 Å². The standard InChI is InChI=1S/C22H28N2O4S/c1-15(2)12-13-28-21-11-10-17(14-19(21)22(23)25)29(26,27)24-20-9-5-7-16-6-3-4-8-18(16)20/h5,7,9-11,14-15,24H,3-4,6,8,12-13H2,1-2H3,(H2,23,25). The normalized spacial score (nSPS) is 13.8. The number of carbonyl (C=O) groups excluding carboxylic acids is 1. The molecule has 0 aromatic heterocycles. The molecule has 1 amide bonds. The minimum absolute atomic E-state index is 0.0177. The average Bonchev–Trinajstić information content (AvgIpc) is 2.67. The number of rotatable bonds is 8. The Bertz CT molecular complexity index is 1000. The van der Waals surface area contributed by atoms with Crippen LogP contribution < -0.4 is 15.2 Å². The summed E-state index contributed by atoms with van der Waals surface area (Å²) < 4.78 is 34.3. The van der Waals surface area contributed by atoms with Crippen LogP contribution in [0.4, 0.5) is 5.69 Å². The summed E-state index contributed by atoms with van der Waals surface area (Å²) in [5.41, 5.74) is 8.36. The highest BCUT2D eigenvalue weighted by Gasteiger charge is 2.21. The Hall–Kier alpha value is -2.54. The number of primary amides is 1. The number of hydrogen-bond acceptors (Lipinski definition) is 4. The van der Waals surface area contributed by atoms with Crippen molar-refractivity contribution in [2.24, 2.45) is 11.7 Å². The van der Waals surface area contributed by atoms with Crippen LogP contribution in [-0.2, 0) is 22.9 Å². The number of hydrogen-bond donors (Lipinski definition) is 2. The topological polar surface area (TPSA) is 98.5 Å². The summed E-state index contributed by atoms with van der Waals surface area (Å²) in [6.45, 7) is 4.57. The van der Waals surface area contributed by atoms with Crippen molar-refractivity contribution in [3.63, 3.8) is 0 Å². The van der Waals surface area contributed by atoms with E-state index in [9.17, 15) is 13.2 Å². The second-order valence-corrected chi connectivity index (χ2v) is 9.49. The van der Waals surface area contributed by atoms with Gasteiger partial charge in [0.1, 0.15) is 5.75 Å². The highest BCUT2D eigenvalue weighted by Crippen LogP contribution is 2.30. The molecule has 7 heteroatoms. The second-order valence-electron chi connectivity index (χ2n) is 7.81. The molecule has 0 saturated heterocycles. The van der Waals surface area contributed by atoms with E-state index in [1.807, 2.05) is 12.1 Å². The van der Waals surface area contributed by atoms with Crippen LogP contribution in [0, 0.1) is 5.92 Å². The molecular formula is C22H28N2O4S. The molecular weight excluding hydrogens is 388 g/mol. The first-order valence-electron chi connectivity index (χ1n) is 9.98. The number of carbonyl (C=O) groups is 1. The molecule has 2 aromatic rings. The zero-order valence-corrected chi connectivity index (χ0v) is 17.7. The molecule has 3 N–H and O–H groups in total. The Morgan fingerprint density at radius 2 is 1.93 bits per heavy atom. The van der Waals surface area contributed by atoms with E-state index in [-0.39, 0.29) is 10.5 Å². The number of benzene rings is 2. The third-order valence-electron chi connectivity index (χ3n) is 5.12. The van der Waals surface area contributed by atoms with Crippen LogP contribution in [0.25, 0.3) is 0 Å². The second kappa shape index (κ2) is 8.86. The molecule has 0 atom stereocenters. The first-order chi connectivity index (χ1) is 13.8. The fourth-order valence-corrected chi connectivity index (χ4v) is 4.60. The van der Waals surface area contributed by atoms with Gasteiger partial charge in [0.25, 0.3) is 15.9 Å². The molecule has 0 aliphatic heterocycles. The molecule has 29 heavy (non-hydrogen) atoms. The number of nitrogens with two attached hydrogens (primary N) is 1. The molecule has 0 spiro atoms. The molecule has 0 heterocycles. The van der Waals surface area contributed by atoms with Crippen LogP contribution >= 0.6 is 0 Å². The van der Waals surface area contributed by atoms with Crippen molar-refractivity contribution < 1.29 is 17.9 Å². The minimum atomic E-state index is -3.87. The summed E-state index contributed by atoms with van der Waals surface area (Å²) in [6, 6.07) is 9.90. The van der Waals surface area contributed by atoms with Crippen molar-refractivity contribution in [1.82, 2.24) is 0 Å². The van der Waals surface area contributed by atoms with Crippen LogP contribution in [0.1, 0.15) is 54.6 Å². The monoisotopic (exact) mass is 416 g/mol. The first-order valence-corrected chi connectivity index (χ1v) is 11.5. The van der Waals surface area contributed by atoms with E-state index in [2.05, 4.69) is 18.6 Å². The molecule has 3 rings (SSSR count). The van der Waals surface area contributed by atoms with E-state index in [4.69, 9.17) is 10.5 Å². The van der Waals surface area contributed by atoms with Gasteiger partial charge in [0.15, 0.2) is 0 Å². The quantitative estimate of drug-likeness (QED) is 0.682. The largest absolute Gasteiger partial charge is 0.493 e. The van der Waals surface area contributed by atoms with Gasteiger partial charge in [-0.25, -0.2) is 8.42 Å². The van der Waals surface area contributed by atoms with E-state index >= 15 is 0 Å². The Morgan fingerprint density at radius 3 is 2.66 bits per heavy atom. The van der Waals surface area contributed by atoms with Gasteiger partial charge in [-0.05, 0) is 73.4 Å².